The highest BCUT2D eigenvalue weighted by Crippen LogP contribution is 2.61. The van der Waals surface area contributed by atoms with E-state index in [1.807, 2.05) is 0 Å². The number of imidazole rings is 1. The van der Waals surface area contributed by atoms with Crippen molar-refractivity contribution in [3.63, 3.8) is 0 Å². The zero-order chi connectivity index (χ0) is 52.0. The Kier molecular flexibility index (Phi) is 27.1. The third kappa shape index (κ3) is 23.2. The molecule has 3 heterocycles. The summed E-state index contributed by atoms with van der Waals surface area (Å²) in [6.07, 6.45) is 11.6. The smallest absolute Gasteiger partial charge is 0.393 e. The van der Waals surface area contributed by atoms with Crippen LogP contribution in [0.1, 0.15) is 143 Å². The molecule has 3 rings (SSSR count). The minimum Gasteiger partial charge on any atom is -0.393 e. The number of nitrogen functional groups attached to an aromatic ring is 1. The van der Waals surface area contributed by atoms with Crippen molar-refractivity contribution in [1.82, 2.24) is 30.2 Å². The number of rotatable bonds is 37. The van der Waals surface area contributed by atoms with Gasteiger partial charge in [0.2, 0.25) is 11.8 Å². The third-order valence-corrected chi connectivity index (χ3v) is 15.3. The molecule has 1 saturated heterocycles. The van der Waals surface area contributed by atoms with Crippen molar-refractivity contribution in [2.45, 2.75) is 173 Å². The molecule has 11 N–H and O–H groups in total. The van der Waals surface area contributed by atoms with Crippen LogP contribution in [-0.4, -0.2) is 134 Å². The molecule has 0 spiro atoms. The number of nitrogens with two attached hydrogens (primary N) is 1. The molecule has 0 bridgehead atoms. The second kappa shape index (κ2) is 30.7. The standard InChI is InChI=1S/C41H74N7O18P3S/c1-4-5-6-7-8-9-10-11-12-13-14-15-16-17-18-19-29(49)24-32(51)70-23-22-43-31(50)20-21-44-39(54)36(53)41(2,3)26-63-69(60,61)66-68(58,59)62-25-30-35(65-67(55,56)57)34(52)40(64-30)48-28-47-33-37(42)45-27-46-38(33)48/h27-30,34-36,40,49,52-53H,4-26H2,1-3H3,(H,43,50)(H,44,54)(H,58,59)(H,60,61)(H2,42,45,46)(H2,55,56,57). The van der Waals surface area contributed by atoms with Crippen LogP contribution in [0.5, 0.6) is 0 Å². The van der Waals surface area contributed by atoms with E-state index in [0.29, 0.717) is 6.42 Å². The number of aliphatic hydroxyl groups is 3. The molecule has 0 aliphatic carbocycles. The van der Waals surface area contributed by atoms with Crippen LogP contribution in [0, 0.1) is 5.41 Å². The SMILES string of the molecule is CCCCCCCCCCCCCCCCCC(O)CC(=O)SCCNC(=O)CCNC(=O)C(O)C(C)(C)COP(=O)(O)OP(=O)(O)OCC1OC(n2cnc3c(N)ncnc32)C(O)C1OP(=O)(O)O. The van der Waals surface area contributed by atoms with E-state index in [0.717, 1.165) is 48.2 Å². The second-order valence-corrected chi connectivity index (χ2v) is 23.3. The molecule has 2 aromatic heterocycles. The lowest BCUT2D eigenvalue weighted by Gasteiger charge is -2.30. The van der Waals surface area contributed by atoms with Gasteiger partial charge in [-0.25, -0.2) is 28.6 Å². The average molecular weight is 1080 g/mol. The third-order valence-electron chi connectivity index (χ3n) is 11.3. The lowest BCUT2D eigenvalue weighted by Crippen LogP contribution is -2.46. The minimum absolute atomic E-state index is 0.0269. The van der Waals surface area contributed by atoms with Crippen molar-refractivity contribution in [2.24, 2.45) is 5.41 Å². The van der Waals surface area contributed by atoms with Crippen molar-refractivity contribution < 1.29 is 85.6 Å². The van der Waals surface area contributed by atoms with Gasteiger partial charge >= 0.3 is 23.5 Å². The topological polar surface area (TPSA) is 384 Å². The van der Waals surface area contributed by atoms with Gasteiger partial charge in [0, 0.05) is 37.1 Å². The molecule has 0 radical (unpaired) electrons. The Labute approximate surface area is 412 Å². The predicted octanol–water partition coefficient (Wildman–Crippen LogP) is 4.68. The zero-order valence-electron chi connectivity index (χ0n) is 40.1. The average Bonchev–Trinajstić information content (AvgIpc) is 3.84. The summed E-state index contributed by atoms with van der Waals surface area (Å²) in [4.78, 5) is 88.5. The molecule has 0 saturated carbocycles. The van der Waals surface area contributed by atoms with Crippen LogP contribution in [-0.2, 0) is 50.7 Å². The first kappa shape index (κ1) is 61.8. The first-order valence-electron chi connectivity index (χ1n) is 23.7. The van der Waals surface area contributed by atoms with Crippen molar-refractivity contribution in [2.75, 3.05) is 37.8 Å². The highest BCUT2D eigenvalue weighted by molar-refractivity contribution is 8.13. The van der Waals surface area contributed by atoms with Gasteiger partial charge in [-0.2, -0.15) is 4.31 Å². The number of carbonyl (C=O) groups excluding carboxylic acids is 3. The highest BCUT2D eigenvalue weighted by atomic mass is 32.2. The monoisotopic (exact) mass is 1080 g/mol. The van der Waals surface area contributed by atoms with Crippen molar-refractivity contribution in [3.05, 3.63) is 12.7 Å². The molecule has 2 amide bonds. The number of amides is 2. The fourth-order valence-electron chi connectivity index (χ4n) is 7.40. The van der Waals surface area contributed by atoms with Crippen LogP contribution in [0.4, 0.5) is 5.82 Å². The van der Waals surface area contributed by atoms with E-state index in [9.17, 15) is 63.0 Å². The normalized spacial score (nSPS) is 20.2. The first-order valence-corrected chi connectivity index (χ1v) is 29.2. The number of ether oxygens (including phenoxy) is 1. The number of unbranched alkanes of at least 4 members (excludes halogenated alkanes) is 14. The van der Waals surface area contributed by atoms with Crippen molar-refractivity contribution >= 4 is 69.1 Å². The molecule has 1 aliphatic rings. The summed E-state index contributed by atoms with van der Waals surface area (Å²) in [5, 5.41) is 36.7. The van der Waals surface area contributed by atoms with E-state index in [4.69, 9.17) is 19.5 Å². The second-order valence-electron chi connectivity index (χ2n) is 17.9. The molecule has 1 aliphatic heterocycles. The van der Waals surface area contributed by atoms with Gasteiger partial charge in [-0.05, 0) is 6.42 Å². The molecule has 70 heavy (non-hydrogen) atoms. The van der Waals surface area contributed by atoms with Gasteiger partial charge in [0.15, 0.2) is 22.8 Å². The van der Waals surface area contributed by atoms with Gasteiger partial charge < -0.3 is 56.0 Å². The zero-order valence-corrected chi connectivity index (χ0v) is 43.6. The van der Waals surface area contributed by atoms with Gasteiger partial charge in [0.1, 0.15) is 36.3 Å². The molecular formula is C41H74N7O18P3S. The van der Waals surface area contributed by atoms with E-state index in [1.54, 1.807) is 0 Å². The molecule has 0 aromatic carbocycles. The van der Waals surface area contributed by atoms with E-state index in [1.165, 1.54) is 90.9 Å². The van der Waals surface area contributed by atoms with Crippen LogP contribution in [0.3, 0.4) is 0 Å². The maximum absolute atomic E-state index is 12.8. The Hall–Kier alpha value is -2.48. The Bertz CT molecular complexity index is 2070. The predicted molar refractivity (Wildman–Crippen MR) is 257 cm³/mol. The van der Waals surface area contributed by atoms with Crippen LogP contribution >= 0.6 is 35.2 Å². The van der Waals surface area contributed by atoms with E-state index in [2.05, 4.69) is 41.3 Å². The fraction of sp³-hybridized carbons (Fsp3) is 0.805. The lowest BCUT2D eigenvalue weighted by atomic mass is 9.87. The lowest BCUT2D eigenvalue weighted by molar-refractivity contribution is -0.137. The molecule has 8 unspecified atom stereocenters. The van der Waals surface area contributed by atoms with E-state index < -0.39 is 90.7 Å². The Morgan fingerprint density at radius 3 is 2.04 bits per heavy atom. The number of aromatic nitrogens is 4. The summed E-state index contributed by atoms with van der Waals surface area (Å²) in [5.74, 6) is -1.21. The summed E-state index contributed by atoms with van der Waals surface area (Å²) >= 11 is 1.00. The van der Waals surface area contributed by atoms with Crippen molar-refractivity contribution in [3.8, 4) is 0 Å². The number of anilines is 1. The largest absolute Gasteiger partial charge is 0.481 e. The maximum Gasteiger partial charge on any atom is 0.481 e. The Balaban J connectivity index is 1.28. The minimum atomic E-state index is -5.59. The maximum atomic E-state index is 12.8. The number of nitrogens with one attached hydrogen (secondary N) is 2. The summed E-state index contributed by atoms with van der Waals surface area (Å²) in [6, 6.07) is 0. The number of hydrogen-bond donors (Lipinski definition) is 10. The molecule has 8 atom stereocenters. The summed E-state index contributed by atoms with van der Waals surface area (Å²) in [5.41, 5.74) is 4.26. The number of phosphoric ester groups is 3. The quantitative estimate of drug-likeness (QED) is 0.0324. The number of phosphoric acid groups is 3. The van der Waals surface area contributed by atoms with Gasteiger partial charge in [-0.1, -0.05) is 129 Å². The molecule has 2 aromatic rings. The number of nitrogens with zero attached hydrogens (tertiary/aromatic N) is 4. The van der Waals surface area contributed by atoms with Gasteiger partial charge in [-0.3, -0.25) is 32.5 Å². The Morgan fingerprint density at radius 1 is 0.857 bits per heavy atom. The first-order chi connectivity index (χ1) is 32.9. The number of fused-ring (bicyclic) bond motifs is 1. The Morgan fingerprint density at radius 2 is 1.44 bits per heavy atom. The van der Waals surface area contributed by atoms with E-state index >= 15 is 0 Å². The van der Waals surface area contributed by atoms with Gasteiger partial charge in [0.25, 0.3) is 0 Å². The number of aliphatic hydroxyl groups excluding tert-OH is 3. The molecule has 29 heteroatoms. The van der Waals surface area contributed by atoms with E-state index in [-0.39, 0.29) is 53.8 Å². The number of hydrogen-bond acceptors (Lipinski definition) is 19. The van der Waals surface area contributed by atoms with Gasteiger partial charge in [0.05, 0.1) is 25.6 Å². The highest BCUT2D eigenvalue weighted by Gasteiger charge is 2.50. The fourth-order valence-corrected chi connectivity index (χ4v) is 11.0. The van der Waals surface area contributed by atoms with Crippen LogP contribution in [0.25, 0.3) is 11.2 Å². The summed E-state index contributed by atoms with van der Waals surface area (Å²) in [7, 11) is -16.4. The van der Waals surface area contributed by atoms with Gasteiger partial charge in [-0.15, -0.1) is 0 Å². The van der Waals surface area contributed by atoms with Crippen molar-refractivity contribution in [1.29, 1.82) is 0 Å². The van der Waals surface area contributed by atoms with Crippen LogP contribution in [0.2, 0.25) is 0 Å². The van der Waals surface area contributed by atoms with Crippen LogP contribution < -0.4 is 16.4 Å². The summed E-state index contributed by atoms with van der Waals surface area (Å²) in [6.45, 7) is 2.65. The summed E-state index contributed by atoms with van der Waals surface area (Å²) < 4.78 is 62.4. The van der Waals surface area contributed by atoms with Crippen LogP contribution in [0.15, 0.2) is 12.7 Å². The molecular weight excluding hydrogens is 1000 g/mol. The molecule has 25 nitrogen and oxygen atoms in total. The molecule has 402 valence electrons. The molecule has 1 fully saturated rings. The number of thioether (sulfide) groups is 1. The number of carbonyl (C=O) groups is 3.